The molecule has 0 aliphatic rings. The molecule has 1 aromatic carbocycles. The summed E-state index contributed by atoms with van der Waals surface area (Å²) in [6.07, 6.45) is 1.77. The van der Waals surface area contributed by atoms with Crippen LogP contribution in [-0.4, -0.2) is 14.5 Å². The summed E-state index contributed by atoms with van der Waals surface area (Å²) >= 11 is 0. The number of rotatable bonds is 4. The van der Waals surface area contributed by atoms with E-state index in [2.05, 4.69) is 31.2 Å². The smallest absolute Gasteiger partial charge is 0.244 e. The third-order valence-corrected chi connectivity index (χ3v) is 2.43. The van der Waals surface area contributed by atoms with Gasteiger partial charge in [-0.2, -0.15) is 0 Å². The zero-order chi connectivity index (χ0) is 11.3. The standard InChI is InChI=1S/C12H17NOSi/c1-11(14-15(2,3)4)13-10-12-8-6-5-7-9-12/h5-10H,1H2,2-4H3/b13-10+. The van der Waals surface area contributed by atoms with Crippen molar-refractivity contribution in [3.05, 3.63) is 48.4 Å². The van der Waals surface area contributed by atoms with Gasteiger partial charge < -0.3 is 4.43 Å². The minimum Gasteiger partial charge on any atom is -0.532 e. The lowest BCUT2D eigenvalue weighted by Crippen LogP contribution is -2.24. The second kappa shape index (κ2) is 4.93. The highest BCUT2D eigenvalue weighted by Crippen LogP contribution is 2.09. The molecular formula is C12H17NOSi. The Morgan fingerprint density at radius 1 is 1.27 bits per heavy atom. The summed E-state index contributed by atoms with van der Waals surface area (Å²) in [6.45, 7) is 10.1. The molecule has 0 N–H and O–H groups in total. The predicted molar refractivity (Wildman–Crippen MR) is 67.6 cm³/mol. The van der Waals surface area contributed by atoms with E-state index in [4.69, 9.17) is 4.43 Å². The topological polar surface area (TPSA) is 21.6 Å². The SMILES string of the molecule is C=C(/N=C/c1ccccc1)O[Si](C)(C)C. The number of nitrogens with zero attached hydrogens (tertiary/aromatic N) is 1. The maximum atomic E-state index is 5.61. The molecule has 3 heteroatoms. The van der Waals surface area contributed by atoms with Gasteiger partial charge in [0.2, 0.25) is 8.32 Å². The van der Waals surface area contributed by atoms with Gasteiger partial charge >= 0.3 is 0 Å². The molecule has 0 radical (unpaired) electrons. The van der Waals surface area contributed by atoms with Crippen molar-refractivity contribution in [1.82, 2.24) is 0 Å². The first-order valence-corrected chi connectivity index (χ1v) is 8.35. The fourth-order valence-electron chi connectivity index (χ4n) is 1.07. The Balaban J connectivity index is 2.56. The summed E-state index contributed by atoms with van der Waals surface area (Å²) < 4.78 is 5.61. The van der Waals surface area contributed by atoms with Crippen molar-refractivity contribution in [2.24, 2.45) is 4.99 Å². The summed E-state index contributed by atoms with van der Waals surface area (Å²) in [5, 5.41) is 0. The van der Waals surface area contributed by atoms with Gasteiger partial charge in [0, 0.05) is 6.21 Å². The average molecular weight is 219 g/mol. The lowest BCUT2D eigenvalue weighted by Gasteiger charge is -2.17. The molecular weight excluding hydrogens is 202 g/mol. The van der Waals surface area contributed by atoms with Crippen LogP contribution in [0.25, 0.3) is 0 Å². The van der Waals surface area contributed by atoms with E-state index in [0.29, 0.717) is 5.88 Å². The Bertz CT molecular complexity index is 352. The molecule has 1 rings (SSSR count). The van der Waals surface area contributed by atoms with Crippen molar-refractivity contribution in [2.75, 3.05) is 0 Å². The number of hydrogen-bond acceptors (Lipinski definition) is 2. The Morgan fingerprint density at radius 3 is 2.40 bits per heavy atom. The van der Waals surface area contributed by atoms with Gasteiger partial charge in [-0.05, 0) is 31.8 Å². The van der Waals surface area contributed by atoms with Crippen LogP contribution in [0.5, 0.6) is 0 Å². The largest absolute Gasteiger partial charge is 0.532 e. The Kier molecular flexibility index (Phi) is 3.86. The Hall–Kier alpha value is -1.35. The van der Waals surface area contributed by atoms with Crippen molar-refractivity contribution in [3.63, 3.8) is 0 Å². The van der Waals surface area contributed by atoms with Crippen LogP contribution in [0.1, 0.15) is 5.56 Å². The van der Waals surface area contributed by atoms with Crippen LogP contribution in [0, 0.1) is 0 Å². The van der Waals surface area contributed by atoms with Gasteiger partial charge in [-0.15, -0.1) is 0 Å². The molecule has 0 heterocycles. The molecule has 0 aliphatic heterocycles. The molecule has 15 heavy (non-hydrogen) atoms. The van der Waals surface area contributed by atoms with Gasteiger partial charge in [0.05, 0.1) is 0 Å². The van der Waals surface area contributed by atoms with E-state index in [-0.39, 0.29) is 0 Å². The molecule has 0 bridgehead atoms. The molecule has 0 amide bonds. The lowest BCUT2D eigenvalue weighted by molar-refractivity contribution is 0.421. The fourth-order valence-corrected chi connectivity index (χ4v) is 1.83. The Morgan fingerprint density at radius 2 is 1.87 bits per heavy atom. The van der Waals surface area contributed by atoms with E-state index < -0.39 is 8.32 Å². The van der Waals surface area contributed by atoms with E-state index in [1.165, 1.54) is 0 Å². The first-order chi connectivity index (χ1) is 6.97. The van der Waals surface area contributed by atoms with Gasteiger partial charge in [-0.25, -0.2) is 4.99 Å². The van der Waals surface area contributed by atoms with Gasteiger partial charge in [0.25, 0.3) is 0 Å². The summed E-state index contributed by atoms with van der Waals surface area (Å²) in [6, 6.07) is 9.91. The van der Waals surface area contributed by atoms with Crippen LogP contribution in [-0.2, 0) is 4.43 Å². The second-order valence-corrected chi connectivity index (χ2v) is 8.71. The van der Waals surface area contributed by atoms with Gasteiger partial charge in [0.1, 0.15) is 0 Å². The van der Waals surface area contributed by atoms with E-state index in [1.807, 2.05) is 30.3 Å². The van der Waals surface area contributed by atoms with Crippen molar-refractivity contribution in [2.45, 2.75) is 19.6 Å². The molecule has 0 aliphatic carbocycles. The molecule has 0 unspecified atom stereocenters. The normalized spacial score (nSPS) is 11.7. The first kappa shape index (κ1) is 11.7. The Labute approximate surface area is 92.4 Å². The molecule has 0 spiro atoms. The quantitative estimate of drug-likeness (QED) is 0.432. The molecule has 0 atom stereocenters. The monoisotopic (exact) mass is 219 g/mol. The highest BCUT2D eigenvalue weighted by molar-refractivity contribution is 6.70. The molecule has 0 fully saturated rings. The second-order valence-electron chi connectivity index (χ2n) is 4.28. The number of benzene rings is 1. The van der Waals surface area contributed by atoms with E-state index in [9.17, 15) is 0 Å². The summed E-state index contributed by atoms with van der Waals surface area (Å²) in [5.41, 5.74) is 1.05. The molecule has 1 aromatic rings. The summed E-state index contributed by atoms with van der Waals surface area (Å²) in [7, 11) is -1.57. The van der Waals surface area contributed by atoms with Crippen LogP contribution in [0.2, 0.25) is 19.6 Å². The summed E-state index contributed by atoms with van der Waals surface area (Å²) in [4.78, 5) is 4.17. The molecule has 2 nitrogen and oxygen atoms in total. The zero-order valence-corrected chi connectivity index (χ0v) is 10.5. The van der Waals surface area contributed by atoms with Crippen LogP contribution < -0.4 is 0 Å². The highest BCUT2D eigenvalue weighted by Gasteiger charge is 2.15. The third-order valence-electron chi connectivity index (χ3n) is 1.58. The first-order valence-electron chi connectivity index (χ1n) is 4.94. The predicted octanol–water partition coefficient (Wildman–Crippen LogP) is 3.43. The van der Waals surface area contributed by atoms with Crippen molar-refractivity contribution >= 4 is 14.5 Å². The van der Waals surface area contributed by atoms with Gasteiger partial charge in [0.15, 0.2) is 5.88 Å². The van der Waals surface area contributed by atoms with E-state index in [0.717, 1.165) is 5.56 Å². The maximum Gasteiger partial charge on any atom is 0.244 e. The minimum atomic E-state index is -1.57. The maximum absolute atomic E-state index is 5.61. The van der Waals surface area contributed by atoms with Crippen LogP contribution in [0.15, 0.2) is 47.8 Å². The van der Waals surface area contributed by atoms with Crippen LogP contribution >= 0.6 is 0 Å². The molecule has 0 saturated heterocycles. The van der Waals surface area contributed by atoms with Crippen LogP contribution in [0.3, 0.4) is 0 Å². The van der Waals surface area contributed by atoms with E-state index in [1.54, 1.807) is 6.21 Å². The molecule has 80 valence electrons. The van der Waals surface area contributed by atoms with E-state index >= 15 is 0 Å². The van der Waals surface area contributed by atoms with Gasteiger partial charge in [-0.3, -0.25) is 0 Å². The van der Waals surface area contributed by atoms with Crippen molar-refractivity contribution in [1.29, 1.82) is 0 Å². The van der Waals surface area contributed by atoms with Crippen molar-refractivity contribution < 1.29 is 4.43 Å². The van der Waals surface area contributed by atoms with Gasteiger partial charge in [-0.1, -0.05) is 30.3 Å². The number of hydrogen-bond donors (Lipinski definition) is 0. The minimum absolute atomic E-state index is 0.498. The third kappa shape index (κ3) is 5.17. The average Bonchev–Trinajstić information content (AvgIpc) is 2.14. The number of aliphatic imine (C=N–C) groups is 1. The molecule has 0 saturated carbocycles. The zero-order valence-electron chi connectivity index (χ0n) is 9.53. The highest BCUT2D eigenvalue weighted by atomic mass is 28.4. The molecule has 0 aromatic heterocycles. The van der Waals surface area contributed by atoms with Crippen LogP contribution in [0.4, 0.5) is 0 Å². The van der Waals surface area contributed by atoms with Crippen molar-refractivity contribution in [3.8, 4) is 0 Å². The lowest BCUT2D eigenvalue weighted by atomic mass is 10.2. The fraction of sp³-hybridized carbons (Fsp3) is 0.250. The summed E-state index contributed by atoms with van der Waals surface area (Å²) in [5.74, 6) is 0.498.